The predicted molar refractivity (Wildman–Crippen MR) is 107 cm³/mol. The largest absolute Gasteiger partial charge is 0.496 e. The van der Waals surface area contributed by atoms with Crippen LogP contribution >= 0.6 is 11.6 Å². The van der Waals surface area contributed by atoms with Gasteiger partial charge in [0.15, 0.2) is 0 Å². The molecule has 2 amide bonds. The van der Waals surface area contributed by atoms with Crippen LogP contribution in [0.2, 0.25) is 5.02 Å². The van der Waals surface area contributed by atoms with E-state index in [1.807, 2.05) is 48.5 Å². The molecule has 27 heavy (non-hydrogen) atoms. The van der Waals surface area contributed by atoms with Crippen LogP contribution in [-0.2, 0) is 22.4 Å². The van der Waals surface area contributed by atoms with Crippen LogP contribution in [0.3, 0.4) is 0 Å². The van der Waals surface area contributed by atoms with Gasteiger partial charge in [-0.25, -0.2) is 0 Å². The lowest BCUT2D eigenvalue weighted by atomic mass is 10.1. The Morgan fingerprint density at radius 1 is 1.11 bits per heavy atom. The molecule has 6 heteroatoms. The Kier molecular flexibility index (Phi) is 8.14. The van der Waals surface area contributed by atoms with Crippen LogP contribution in [-0.4, -0.2) is 43.5 Å². The highest BCUT2D eigenvalue weighted by Gasteiger charge is 2.13. The van der Waals surface area contributed by atoms with Gasteiger partial charge in [-0.2, -0.15) is 0 Å². The molecule has 0 unspecified atom stereocenters. The molecule has 2 aromatic carbocycles. The number of carbonyl (C=O) groups excluding carboxylic acids is 2. The number of nitrogens with zero attached hydrogens (tertiary/aromatic N) is 1. The zero-order valence-corrected chi connectivity index (χ0v) is 16.5. The quantitative estimate of drug-likeness (QED) is 0.718. The van der Waals surface area contributed by atoms with E-state index in [0.29, 0.717) is 31.0 Å². The first-order valence-corrected chi connectivity index (χ1v) is 9.26. The van der Waals surface area contributed by atoms with Crippen molar-refractivity contribution in [3.05, 3.63) is 64.7 Å². The number of amides is 2. The molecule has 2 aromatic rings. The lowest BCUT2D eigenvalue weighted by Crippen LogP contribution is -2.41. The maximum absolute atomic E-state index is 12.2. The SMILES string of the molecule is COc1ccccc1CCNC(=O)CN(CCc1cccc(Cl)c1)C(C)=O. The third-order valence-electron chi connectivity index (χ3n) is 4.25. The zero-order valence-electron chi connectivity index (χ0n) is 15.7. The van der Waals surface area contributed by atoms with Gasteiger partial charge >= 0.3 is 0 Å². The highest BCUT2D eigenvalue weighted by atomic mass is 35.5. The van der Waals surface area contributed by atoms with Crippen molar-refractivity contribution < 1.29 is 14.3 Å². The van der Waals surface area contributed by atoms with Crippen molar-refractivity contribution in [1.82, 2.24) is 10.2 Å². The van der Waals surface area contributed by atoms with Gasteiger partial charge in [-0.1, -0.05) is 41.9 Å². The van der Waals surface area contributed by atoms with Crippen molar-refractivity contribution >= 4 is 23.4 Å². The molecule has 0 saturated carbocycles. The van der Waals surface area contributed by atoms with Gasteiger partial charge in [0.25, 0.3) is 0 Å². The summed E-state index contributed by atoms with van der Waals surface area (Å²) in [5.41, 5.74) is 2.06. The predicted octanol–water partition coefficient (Wildman–Crippen LogP) is 3.10. The van der Waals surface area contributed by atoms with Gasteiger partial charge in [0.1, 0.15) is 5.75 Å². The molecule has 5 nitrogen and oxygen atoms in total. The van der Waals surface area contributed by atoms with E-state index in [2.05, 4.69) is 5.32 Å². The van der Waals surface area contributed by atoms with Crippen LogP contribution in [0.5, 0.6) is 5.75 Å². The molecule has 2 rings (SSSR count). The number of nitrogens with one attached hydrogen (secondary N) is 1. The van der Waals surface area contributed by atoms with Gasteiger partial charge < -0.3 is 15.0 Å². The summed E-state index contributed by atoms with van der Waals surface area (Å²) in [6.45, 7) is 2.47. The number of ether oxygens (including phenoxy) is 1. The van der Waals surface area contributed by atoms with Crippen LogP contribution in [0, 0.1) is 0 Å². The van der Waals surface area contributed by atoms with E-state index in [1.165, 1.54) is 6.92 Å². The maximum atomic E-state index is 12.2. The Balaban J connectivity index is 1.81. The molecule has 0 saturated heterocycles. The molecule has 0 fully saturated rings. The zero-order chi connectivity index (χ0) is 19.6. The molecule has 1 N–H and O–H groups in total. The summed E-state index contributed by atoms with van der Waals surface area (Å²) in [7, 11) is 1.63. The first-order chi connectivity index (χ1) is 13.0. The van der Waals surface area contributed by atoms with Crippen molar-refractivity contribution in [2.45, 2.75) is 19.8 Å². The fourth-order valence-corrected chi connectivity index (χ4v) is 2.99. The Labute approximate surface area is 165 Å². The van der Waals surface area contributed by atoms with Crippen molar-refractivity contribution in [3.63, 3.8) is 0 Å². The van der Waals surface area contributed by atoms with Gasteiger partial charge in [-0.3, -0.25) is 9.59 Å². The molecule has 0 bridgehead atoms. The molecule has 0 aliphatic heterocycles. The summed E-state index contributed by atoms with van der Waals surface area (Å²) < 4.78 is 5.31. The highest BCUT2D eigenvalue weighted by Crippen LogP contribution is 2.17. The van der Waals surface area contributed by atoms with E-state index < -0.39 is 0 Å². The molecule has 0 aliphatic rings. The van der Waals surface area contributed by atoms with E-state index in [9.17, 15) is 9.59 Å². The average Bonchev–Trinajstić information content (AvgIpc) is 2.65. The normalized spacial score (nSPS) is 10.3. The summed E-state index contributed by atoms with van der Waals surface area (Å²) in [5, 5.41) is 3.53. The van der Waals surface area contributed by atoms with E-state index in [-0.39, 0.29) is 18.4 Å². The highest BCUT2D eigenvalue weighted by molar-refractivity contribution is 6.30. The lowest BCUT2D eigenvalue weighted by molar-refractivity contribution is -0.134. The minimum absolute atomic E-state index is 0.0435. The first kappa shape index (κ1) is 20.8. The Hall–Kier alpha value is -2.53. The minimum atomic E-state index is -0.175. The third kappa shape index (κ3) is 6.94. The molecule has 0 radical (unpaired) electrons. The number of methoxy groups -OCH3 is 1. The van der Waals surface area contributed by atoms with Crippen LogP contribution < -0.4 is 10.1 Å². The molecule has 0 atom stereocenters. The smallest absolute Gasteiger partial charge is 0.239 e. The number of halogens is 1. The van der Waals surface area contributed by atoms with E-state index >= 15 is 0 Å². The monoisotopic (exact) mass is 388 g/mol. The van der Waals surface area contributed by atoms with Gasteiger partial charge in [0.05, 0.1) is 13.7 Å². The van der Waals surface area contributed by atoms with E-state index in [1.54, 1.807) is 12.0 Å². The summed E-state index contributed by atoms with van der Waals surface area (Å²) in [5.74, 6) is 0.502. The number of carbonyl (C=O) groups is 2. The minimum Gasteiger partial charge on any atom is -0.496 e. The third-order valence-corrected chi connectivity index (χ3v) is 4.48. The number of hydrogen-bond donors (Lipinski definition) is 1. The van der Waals surface area contributed by atoms with Gasteiger partial charge in [-0.05, 0) is 42.2 Å². The standard InChI is InChI=1S/C21H25ClN2O3/c1-16(25)24(13-11-17-6-5-8-19(22)14-17)15-21(26)23-12-10-18-7-3-4-9-20(18)27-2/h3-9,14H,10-13,15H2,1-2H3,(H,23,26). The molecular formula is C21H25ClN2O3. The summed E-state index contributed by atoms with van der Waals surface area (Å²) in [4.78, 5) is 25.6. The summed E-state index contributed by atoms with van der Waals surface area (Å²) >= 11 is 5.98. The summed E-state index contributed by atoms with van der Waals surface area (Å²) in [6, 6.07) is 15.2. The topological polar surface area (TPSA) is 58.6 Å². The number of benzene rings is 2. The fraction of sp³-hybridized carbons (Fsp3) is 0.333. The number of para-hydroxylation sites is 1. The first-order valence-electron chi connectivity index (χ1n) is 8.88. The Morgan fingerprint density at radius 2 is 1.89 bits per heavy atom. The van der Waals surface area contributed by atoms with Gasteiger partial charge in [0.2, 0.25) is 11.8 Å². The molecule has 0 heterocycles. The molecule has 0 spiro atoms. The number of hydrogen-bond acceptors (Lipinski definition) is 3. The Morgan fingerprint density at radius 3 is 2.59 bits per heavy atom. The second-order valence-corrected chi connectivity index (χ2v) is 6.67. The van der Waals surface area contributed by atoms with Crippen LogP contribution in [0.4, 0.5) is 0 Å². The number of rotatable bonds is 9. The Bertz CT molecular complexity index is 780. The second-order valence-electron chi connectivity index (χ2n) is 6.23. The van der Waals surface area contributed by atoms with Crippen LogP contribution in [0.25, 0.3) is 0 Å². The molecular weight excluding hydrogens is 364 g/mol. The van der Waals surface area contributed by atoms with E-state index in [0.717, 1.165) is 16.9 Å². The molecule has 144 valence electrons. The summed E-state index contributed by atoms with van der Waals surface area (Å²) in [6.07, 6.45) is 1.31. The molecule has 0 aliphatic carbocycles. The van der Waals surface area contributed by atoms with Gasteiger partial charge in [0, 0.05) is 25.0 Å². The molecule has 0 aromatic heterocycles. The van der Waals surface area contributed by atoms with Crippen molar-refractivity contribution in [2.75, 3.05) is 26.7 Å². The van der Waals surface area contributed by atoms with Crippen LogP contribution in [0.1, 0.15) is 18.1 Å². The van der Waals surface area contributed by atoms with Gasteiger partial charge in [-0.15, -0.1) is 0 Å². The van der Waals surface area contributed by atoms with Crippen molar-refractivity contribution in [1.29, 1.82) is 0 Å². The van der Waals surface area contributed by atoms with Crippen molar-refractivity contribution in [2.24, 2.45) is 0 Å². The van der Waals surface area contributed by atoms with Crippen LogP contribution in [0.15, 0.2) is 48.5 Å². The fourth-order valence-electron chi connectivity index (χ4n) is 2.78. The average molecular weight is 389 g/mol. The lowest BCUT2D eigenvalue weighted by Gasteiger charge is -2.20. The second kappa shape index (κ2) is 10.6. The maximum Gasteiger partial charge on any atom is 0.239 e. The van der Waals surface area contributed by atoms with Crippen molar-refractivity contribution in [3.8, 4) is 5.75 Å². The van der Waals surface area contributed by atoms with E-state index in [4.69, 9.17) is 16.3 Å².